The van der Waals surface area contributed by atoms with E-state index in [1.54, 1.807) is 0 Å². The van der Waals surface area contributed by atoms with E-state index in [0.717, 1.165) is 18.2 Å². The molecule has 118 valence electrons. The predicted molar refractivity (Wildman–Crippen MR) is 79.9 cm³/mol. The van der Waals surface area contributed by atoms with E-state index in [2.05, 4.69) is 0 Å². The molecule has 0 unspecified atom stereocenters. The Hall–Kier alpha value is -3.13. The summed E-state index contributed by atoms with van der Waals surface area (Å²) < 4.78 is 0. The number of amides is 2. The Labute approximate surface area is 133 Å². The van der Waals surface area contributed by atoms with E-state index < -0.39 is 40.4 Å². The van der Waals surface area contributed by atoms with Crippen LogP contribution in [0.1, 0.15) is 41.4 Å². The lowest BCUT2D eigenvalue weighted by molar-refractivity contribution is 0.0684. The van der Waals surface area contributed by atoms with E-state index in [1.165, 1.54) is 0 Å². The molecule has 23 heavy (non-hydrogen) atoms. The van der Waals surface area contributed by atoms with Crippen molar-refractivity contribution in [2.24, 2.45) is 11.5 Å². The zero-order chi connectivity index (χ0) is 17.5. The van der Waals surface area contributed by atoms with Gasteiger partial charge in [-0.25, -0.2) is 9.59 Å². The number of nitrogens with two attached hydrogens (primary N) is 2. The molecule has 8 nitrogen and oxygen atoms in total. The molecule has 2 aromatic rings. The smallest absolute Gasteiger partial charge is 0.336 e. The van der Waals surface area contributed by atoms with Crippen molar-refractivity contribution >= 4 is 46.1 Å². The van der Waals surface area contributed by atoms with E-state index in [1.807, 2.05) is 0 Å². The lowest BCUT2D eigenvalue weighted by Crippen LogP contribution is -2.19. The second-order valence-corrected chi connectivity index (χ2v) is 4.94. The number of fused-ring (bicyclic) bond motifs is 1. The highest BCUT2D eigenvalue weighted by Crippen LogP contribution is 2.34. The molecular weight excluding hydrogens is 328 g/mol. The molecule has 0 aliphatic heterocycles. The molecule has 2 aromatic carbocycles. The molecule has 0 radical (unpaired) electrons. The zero-order valence-electron chi connectivity index (χ0n) is 11.3. The van der Waals surface area contributed by atoms with Gasteiger partial charge in [0, 0.05) is 16.3 Å². The van der Waals surface area contributed by atoms with Gasteiger partial charge < -0.3 is 21.7 Å². The zero-order valence-corrected chi connectivity index (χ0v) is 12.0. The third kappa shape index (κ3) is 2.55. The molecule has 2 rings (SSSR count). The fraction of sp³-hybridized carbons (Fsp3) is 0. The van der Waals surface area contributed by atoms with Gasteiger partial charge in [0.05, 0.1) is 21.7 Å². The quantitative estimate of drug-likeness (QED) is 0.653. The van der Waals surface area contributed by atoms with Crippen LogP contribution in [-0.4, -0.2) is 34.0 Å². The van der Waals surface area contributed by atoms with Crippen molar-refractivity contribution in [2.45, 2.75) is 0 Å². The SMILES string of the molecule is NC(=O)c1cc(Cl)c(C(N)=O)c2c(C(=O)O)ccc(C(=O)O)c12. The van der Waals surface area contributed by atoms with Gasteiger partial charge in [0.25, 0.3) is 5.91 Å². The highest BCUT2D eigenvalue weighted by molar-refractivity contribution is 6.38. The summed E-state index contributed by atoms with van der Waals surface area (Å²) in [7, 11) is 0. The number of benzene rings is 2. The first-order valence-corrected chi connectivity index (χ1v) is 6.40. The topological polar surface area (TPSA) is 161 Å². The van der Waals surface area contributed by atoms with Gasteiger partial charge in [-0.1, -0.05) is 11.6 Å². The van der Waals surface area contributed by atoms with Gasteiger partial charge in [0.1, 0.15) is 0 Å². The summed E-state index contributed by atoms with van der Waals surface area (Å²) in [6, 6.07) is 2.98. The molecule has 6 N–H and O–H groups in total. The first kappa shape index (κ1) is 16.2. The van der Waals surface area contributed by atoms with Crippen molar-refractivity contribution < 1.29 is 29.4 Å². The van der Waals surface area contributed by atoms with E-state index in [9.17, 15) is 29.4 Å². The van der Waals surface area contributed by atoms with Crippen molar-refractivity contribution in [1.82, 2.24) is 0 Å². The van der Waals surface area contributed by atoms with Crippen LogP contribution in [0.5, 0.6) is 0 Å². The first-order chi connectivity index (χ1) is 10.7. The molecule has 9 heteroatoms. The predicted octanol–water partition coefficient (Wildman–Crippen LogP) is 1.09. The molecule has 0 aliphatic rings. The number of carbonyl (C=O) groups excluding carboxylic acids is 2. The first-order valence-electron chi connectivity index (χ1n) is 6.02. The number of halogens is 1. The molecule has 0 heterocycles. The fourth-order valence-corrected chi connectivity index (χ4v) is 2.62. The summed E-state index contributed by atoms with van der Waals surface area (Å²) in [5.74, 6) is -4.99. The second kappa shape index (κ2) is 5.58. The molecule has 0 aromatic heterocycles. The highest BCUT2D eigenvalue weighted by atomic mass is 35.5. The maximum absolute atomic E-state index is 11.7. The molecule has 0 saturated carbocycles. The molecule has 0 saturated heterocycles. The van der Waals surface area contributed by atoms with Crippen LogP contribution in [0.25, 0.3) is 10.8 Å². The average Bonchev–Trinajstić information content (AvgIpc) is 2.43. The van der Waals surface area contributed by atoms with Gasteiger partial charge in [-0.3, -0.25) is 9.59 Å². The number of primary amides is 2. The van der Waals surface area contributed by atoms with Crippen molar-refractivity contribution in [1.29, 1.82) is 0 Å². The fourth-order valence-electron chi connectivity index (χ4n) is 2.32. The number of hydrogen-bond donors (Lipinski definition) is 4. The van der Waals surface area contributed by atoms with Gasteiger partial charge in [0.15, 0.2) is 0 Å². The van der Waals surface area contributed by atoms with Gasteiger partial charge in [-0.15, -0.1) is 0 Å². The van der Waals surface area contributed by atoms with Crippen LogP contribution < -0.4 is 11.5 Å². The Morgan fingerprint density at radius 1 is 0.826 bits per heavy atom. The maximum atomic E-state index is 11.7. The van der Waals surface area contributed by atoms with Gasteiger partial charge in [-0.2, -0.15) is 0 Å². The van der Waals surface area contributed by atoms with Crippen molar-refractivity contribution in [2.75, 3.05) is 0 Å². The largest absolute Gasteiger partial charge is 0.478 e. The number of carbonyl (C=O) groups is 4. The minimum Gasteiger partial charge on any atom is -0.478 e. The third-order valence-corrected chi connectivity index (χ3v) is 3.51. The number of hydrogen-bond acceptors (Lipinski definition) is 4. The number of rotatable bonds is 4. The summed E-state index contributed by atoms with van der Waals surface area (Å²) in [6.45, 7) is 0. The summed E-state index contributed by atoms with van der Waals surface area (Å²) in [5.41, 5.74) is 8.89. The van der Waals surface area contributed by atoms with Crippen molar-refractivity contribution in [3.8, 4) is 0 Å². The number of aromatic carboxylic acids is 2. The Balaban J connectivity index is 3.26. The monoisotopic (exact) mass is 336 g/mol. The van der Waals surface area contributed by atoms with Crippen LogP contribution in [0.3, 0.4) is 0 Å². The Bertz CT molecular complexity index is 906. The van der Waals surface area contributed by atoms with Crippen LogP contribution >= 0.6 is 11.6 Å². The normalized spacial score (nSPS) is 10.5. The third-order valence-electron chi connectivity index (χ3n) is 3.21. The van der Waals surface area contributed by atoms with Crippen molar-refractivity contribution in [3.63, 3.8) is 0 Å². The Morgan fingerprint density at radius 3 is 1.70 bits per heavy atom. The summed E-state index contributed by atoms with van der Waals surface area (Å²) >= 11 is 5.91. The average molecular weight is 337 g/mol. The highest BCUT2D eigenvalue weighted by Gasteiger charge is 2.26. The number of carboxylic acid groups (broad SMARTS) is 2. The Kier molecular flexibility index (Phi) is 3.94. The second-order valence-electron chi connectivity index (χ2n) is 4.53. The van der Waals surface area contributed by atoms with Crippen molar-refractivity contribution in [3.05, 3.63) is 45.5 Å². The summed E-state index contributed by atoms with van der Waals surface area (Å²) in [4.78, 5) is 46.1. The lowest BCUT2D eigenvalue weighted by Gasteiger charge is -2.14. The van der Waals surface area contributed by atoms with Crippen LogP contribution in [0.2, 0.25) is 5.02 Å². The minimum atomic E-state index is -1.45. The lowest BCUT2D eigenvalue weighted by atomic mass is 9.91. The molecule has 2 amide bonds. The van der Waals surface area contributed by atoms with Crippen LogP contribution in [0.15, 0.2) is 18.2 Å². The molecule has 0 bridgehead atoms. The number of carboxylic acids is 2. The van der Waals surface area contributed by atoms with Crippen LogP contribution in [0, 0.1) is 0 Å². The van der Waals surface area contributed by atoms with E-state index >= 15 is 0 Å². The minimum absolute atomic E-state index is 0.302. The van der Waals surface area contributed by atoms with E-state index in [4.69, 9.17) is 23.1 Å². The summed E-state index contributed by atoms with van der Waals surface area (Å²) in [5, 5.41) is 17.6. The van der Waals surface area contributed by atoms with Crippen LogP contribution in [-0.2, 0) is 0 Å². The summed E-state index contributed by atoms with van der Waals surface area (Å²) in [6.07, 6.45) is 0. The van der Waals surface area contributed by atoms with E-state index in [-0.39, 0.29) is 21.4 Å². The van der Waals surface area contributed by atoms with Crippen LogP contribution in [0.4, 0.5) is 0 Å². The van der Waals surface area contributed by atoms with Gasteiger partial charge >= 0.3 is 11.9 Å². The Morgan fingerprint density at radius 2 is 1.30 bits per heavy atom. The van der Waals surface area contributed by atoms with E-state index in [0.29, 0.717) is 0 Å². The van der Waals surface area contributed by atoms with Gasteiger partial charge in [0.2, 0.25) is 5.91 Å². The standard InChI is InChI=1S/C14H9ClN2O6/c15-7-3-6(11(16)18)8-4(13(20)21)1-2-5(14(22)23)9(8)10(7)12(17)19/h1-3H,(H2,16,18)(H2,17,19)(H,20,21)(H,22,23). The molecule has 0 fully saturated rings. The molecular formula is C14H9ClN2O6. The van der Waals surface area contributed by atoms with Gasteiger partial charge in [-0.05, 0) is 18.2 Å². The molecule has 0 aliphatic carbocycles. The maximum Gasteiger partial charge on any atom is 0.336 e. The molecule has 0 spiro atoms. The molecule has 0 atom stereocenters.